The molecule has 0 aliphatic heterocycles. The van der Waals surface area contributed by atoms with Crippen LogP contribution in [-0.2, 0) is 27.3 Å². The van der Waals surface area contributed by atoms with Crippen LogP contribution in [0.2, 0.25) is 0 Å². The molecule has 2 aromatic carbocycles. The van der Waals surface area contributed by atoms with Gasteiger partial charge in [0, 0.05) is 6.54 Å². The topological polar surface area (TPSA) is 55.4 Å². The van der Waals surface area contributed by atoms with Crippen LogP contribution in [0.25, 0.3) is 0 Å². The number of benzene rings is 2. The summed E-state index contributed by atoms with van der Waals surface area (Å²) in [6, 6.07) is 10.1. The summed E-state index contributed by atoms with van der Waals surface area (Å²) in [6.07, 6.45) is -0.0449. The molecule has 0 bridgehead atoms. The maximum Gasteiger partial charge on any atom is 0.310 e. The zero-order chi connectivity index (χ0) is 17.5. The van der Waals surface area contributed by atoms with E-state index >= 15 is 0 Å². The Morgan fingerprint density at radius 2 is 1.71 bits per heavy atom. The lowest BCUT2D eigenvalue weighted by Gasteiger charge is -2.07. The molecular formula is C18H17F2NO3. The van der Waals surface area contributed by atoms with Crippen molar-refractivity contribution in [1.82, 2.24) is 5.32 Å². The molecule has 0 fully saturated rings. The van der Waals surface area contributed by atoms with Gasteiger partial charge in [0.25, 0.3) is 5.91 Å². The second-order valence-corrected chi connectivity index (χ2v) is 5.32. The van der Waals surface area contributed by atoms with Crippen molar-refractivity contribution in [3.63, 3.8) is 0 Å². The molecule has 0 aliphatic rings. The van der Waals surface area contributed by atoms with Gasteiger partial charge < -0.3 is 10.1 Å². The molecule has 0 saturated carbocycles. The Labute approximate surface area is 138 Å². The van der Waals surface area contributed by atoms with E-state index in [-0.39, 0.29) is 24.6 Å². The first-order valence-electron chi connectivity index (χ1n) is 7.36. The SMILES string of the molecule is Cc1ccc(CNC(=O)COC(=O)Cc2ccc(F)cc2)cc1F. The highest BCUT2D eigenvalue weighted by molar-refractivity contribution is 5.81. The van der Waals surface area contributed by atoms with Crippen molar-refractivity contribution in [1.29, 1.82) is 0 Å². The van der Waals surface area contributed by atoms with Crippen molar-refractivity contribution in [2.24, 2.45) is 0 Å². The third kappa shape index (κ3) is 5.46. The van der Waals surface area contributed by atoms with E-state index in [1.165, 1.54) is 30.3 Å². The van der Waals surface area contributed by atoms with E-state index in [0.717, 1.165) is 0 Å². The average Bonchev–Trinajstić information content (AvgIpc) is 2.56. The van der Waals surface area contributed by atoms with Crippen LogP contribution in [0, 0.1) is 18.6 Å². The number of ether oxygens (including phenoxy) is 1. The number of carbonyl (C=O) groups excluding carboxylic acids is 2. The van der Waals surface area contributed by atoms with Crippen LogP contribution in [0.5, 0.6) is 0 Å². The number of hydrogen-bond acceptors (Lipinski definition) is 3. The van der Waals surface area contributed by atoms with Gasteiger partial charge in [0.05, 0.1) is 6.42 Å². The summed E-state index contributed by atoms with van der Waals surface area (Å²) in [5, 5.41) is 2.54. The number of carbonyl (C=O) groups is 2. The molecule has 2 aromatic rings. The number of amides is 1. The van der Waals surface area contributed by atoms with Crippen LogP contribution >= 0.6 is 0 Å². The van der Waals surface area contributed by atoms with E-state index < -0.39 is 18.5 Å². The van der Waals surface area contributed by atoms with Crippen molar-refractivity contribution in [2.45, 2.75) is 19.9 Å². The molecule has 2 rings (SSSR count). The lowest BCUT2D eigenvalue weighted by Crippen LogP contribution is -2.28. The van der Waals surface area contributed by atoms with Gasteiger partial charge in [-0.2, -0.15) is 0 Å². The molecule has 0 radical (unpaired) electrons. The molecule has 1 amide bonds. The van der Waals surface area contributed by atoms with Crippen LogP contribution in [0.4, 0.5) is 8.78 Å². The summed E-state index contributed by atoms with van der Waals surface area (Å²) < 4.78 is 31.0. The number of nitrogens with one attached hydrogen (secondary N) is 1. The van der Waals surface area contributed by atoms with E-state index in [9.17, 15) is 18.4 Å². The lowest BCUT2D eigenvalue weighted by molar-refractivity contribution is -0.147. The molecular weight excluding hydrogens is 316 g/mol. The standard InChI is InChI=1S/C18H17F2NO3/c1-12-2-3-14(8-16(12)20)10-21-17(22)11-24-18(23)9-13-4-6-15(19)7-5-13/h2-8H,9-11H2,1H3,(H,21,22). The summed E-state index contributed by atoms with van der Waals surface area (Å²) in [5.41, 5.74) is 1.74. The second-order valence-electron chi connectivity index (χ2n) is 5.32. The maximum atomic E-state index is 13.4. The highest BCUT2D eigenvalue weighted by Gasteiger charge is 2.09. The van der Waals surface area contributed by atoms with E-state index in [4.69, 9.17) is 4.74 Å². The maximum absolute atomic E-state index is 13.4. The quantitative estimate of drug-likeness (QED) is 0.827. The zero-order valence-corrected chi connectivity index (χ0v) is 13.1. The van der Waals surface area contributed by atoms with Crippen molar-refractivity contribution < 1.29 is 23.1 Å². The summed E-state index contributed by atoms with van der Waals surface area (Å²) in [7, 11) is 0. The van der Waals surface area contributed by atoms with Crippen molar-refractivity contribution in [2.75, 3.05) is 6.61 Å². The molecule has 0 spiro atoms. The van der Waals surface area contributed by atoms with Crippen molar-refractivity contribution in [3.05, 3.63) is 70.8 Å². The summed E-state index contributed by atoms with van der Waals surface area (Å²) in [6.45, 7) is 1.37. The summed E-state index contributed by atoms with van der Waals surface area (Å²) >= 11 is 0. The minimum atomic E-state index is -0.585. The largest absolute Gasteiger partial charge is 0.455 e. The lowest BCUT2D eigenvalue weighted by atomic mass is 10.1. The molecule has 0 unspecified atom stereocenters. The first-order chi connectivity index (χ1) is 11.4. The molecule has 0 atom stereocenters. The predicted octanol–water partition coefficient (Wildman–Crippen LogP) is 2.68. The Bertz CT molecular complexity index is 730. The highest BCUT2D eigenvalue weighted by Crippen LogP contribution is 2.09. The van der Waals surface area contributed by atoms with Crippen LogP contribution in [0.3, 0.4) is 0 Å². The third-order valence-electron chi connectivity index (χ3n) is 3.35. The summed E-state index contributed by atoms with van der Waals surface area (Å²) in [5.74, 6) is -1.80. The Morgan fingerprint density at radius 3 is 2.38 bits per heavy atom. The fourth-order valence-electron chi connectivity index (χ4n) is 1.96. The number of esters is 1. The third-order valence-corrected chi connectivity index (χ3v) is 3.35. The van der Waals surface area contributed by atoms with Gasteiger partial charge >= 0.3 is 5.97 Å². The Morgan fingerprint density at radius 1 is 1.04 bits per heavy atom. The molecule has 0 aliphatic carbocycles. The van der Waals surface area contributed by atoms with Gasteiger partial charge in [-0.15, -0.1) is 0 Å². The average molecular weight is 333 g/mol. The fourth-order valence-corrected chi connectivity index (χ4v) is 1.96. The number of rotatable bonds is 6. The molecule has 6 heteroatoms. The van der Waals surface area contributed by atoms with Gasteiger partial charge in [-0.3, -0.25) is 9.59 Å². The molecule has 0 aromatic heterocycles. The fraction of sp³-hybridized carbons (Fsp3) is 0.222. The summed E-state index contributed by atoms with van der Waals surface area (Å²) in [4.78, 5) is 23.3. The Kier molecular flexibility index (Phi) is 6.01. The van der Waals surface area contributed by atoms with Gasteiger partial charge in [-0.1, -0.05) is 24.3 Å². The first-order valence-corrected chi connectivity index (χ1v) is 7.36. The molecule has 126 valence electrons. The molecule has 4 nitrogen and oxygen atoms in total. The number of halogens is 2. The van der Waals surface area contributed by atoms with Crippen molar-refractivity contribution >= 4 is 11.9 Å². The van der Waals surface area contributed by atoms with Crippen LogP contribution in [-0.4, -0.2) is 18.5 Å². The van der Waals surface area contributed by atoms with Crippen LogP contribution < -0.4 is 5.32 Å². The minimum absolute atomic E-state index is 0.0449. The van der Waals surface area contributed by atoms with Gasteiger partial charge in [0.1, 0.15) is 11.6 Å². The number of aryl methyl sites for hydroxylation is 1. The molecule has 1 N–H and O–H groups in total. The molecule has 24 heavy (non-hydrogen) atoms. The van der Waals surface area contributed by atoms with Gasteiger partial charge in [0.15, 0.2) is 6.61 Å². The van der Waals surface area contributed by atoms with E-state index in [1.54, 1.807) is 19.1 Å². The van der Waals surface area contributed by atoms with Crippen LogP contribution in [0.15, 0.2) is 42.5 Å². The van der Waals surface area contributed by atoms with Gasteiger partial charge in [-0.05, 0) is 41.8 Å². The number of hydrogen-bond donors (Lipinski definition) is 1. The van der Waals surface area contributed by atoms with Crippen LogP contribution in [0.1, 0.15) is 16.7 Å². The Balaban J connectivity index is 1.73. The van der Waals surface area contributed by atoms with E-state index in [2.05, 4.69) is 5.32 Å². The predicted molar refractivity (Wildman–Crippen MR) is 84.0 cm³/mol. The molecule has 0 heterocycles. The zero-order valence-electron chi connectivity index (χ0n) is 13.1. The van der Waals surface area contributed by atoms with Gasteiger partial charge in [-0.25, -0.2) is 8.78 Å². The van der Waals surface area contributed by atoms with Crippen molar-refractivity contribution in [3.8, 4) is 0 Å². The minimum Gasteiger partial charge on any atom is -0.455 e. The Hall–Kier alpha value is -2.76. The first kappa shape index (κ1) is 17.6. The molecule has 0 saturated heterocycles. The van der Waals surface area contributed by atoms with Gasteiger partial charge in [0.2, 0.25) is 0 Å². The van der Waals surface area contributed by atoms with E-state index in [1.807, 2.05) is 0 Å². The monoisotopic (exact) mass is 333 g/mol. The smallest absolute Gasteiger partial charge is 0.310 e. The van der Waals surface area contributed by atoms with E-state index in [0.29, 0.717) is 16.7 Å². The highest BCUT2D eigenvalue weighted by atomic mass is 19.1. The second kappa shape index (κ2) is 8.19. The normalized spacial score (nSPS) is 10.3.